The molecule has 0 aliphatic carbocycles. The van der Waals surface area contributed by atoms with Crippen molar-refractivity contribution in [3.05, 3.63) is 34.1 Å². The lowest BCUT2D eigenvalue weighted by molar-refractivity contribution is 0.0734. The first-order valence-electron chi connectivity index (χ1n) is 7.59. The highest BCUT2D eigenvalue weighted by Gasteiger charge is 2.24. The van der Waals surface area contributed by atoms with Crippen LogP contribution in [0.4, 0.5) is 4.39 Å². The van der Waals surface area contributed by atoms with Crippen LogP contribution >= 0.6 is 15.9 Å². The fraction of sp³-hybridized carbons (Fsp3) is 0.562. The summed E-state index contributed by atoms with van der Waals surface area (Å²) in [6.45, 7) is 4.44. The minimum absolute atomic E-state index is 0.151. The second kappa shape index (κ2) is 7.90. The van der Waals surface area contributed by atoms with E-state index in [2.05, 4.69) is 28.2 Å². The summed E-state index contributed by atoms with van der Waals surface area (Å²) in [5.41, 5.74) is 0.151. The lowest BCUT2D eigenvalue weighted by atomic mass is 10.1. The molecule has 1 aromatic rings. The van der Waals surface area contributed by atoms with Gasteiger partial charge in [0, 0.05) is 23.6 Å². The number of carbonyl (C=O) groups excluding carboxylic acids is 1. The number of nitrogens with zero attached hydrogens (tertiary/aromatic N) is 1. The van der Waals surface area contributed by atoms with Crippen molar-refractivity contribution in [1.29, 1.82) is 0 Å². The fourth-order valence-electron chi connectivity index (χ4n) is 2.64. The maximum absolute atomic E-state index is 13.9. The third kappa shape index (κ3) is 4.51. The Kier molecular flexibility index (Phi) is 6.18. The van der Waals surface area contributed by atoms with E-state index in [9.17, 15) is 9.18 Å². The summed E-state index contributed by atoms with van der Waals surface area (Å²) >= 11 is 3.30. The summed E-state index contributed by atoms with van der Waals surface area (Å²) < 4.78 is 14.7. The van der Waals surface area contributed by atoms with E-state index in [1.165, 1.54) is 6.07 Å². The van der Waals surface area contributed by atoms with Crippen LogP contribution in [0, 0.1) is 5.82 Å². The first kappa shape index (κ1) is 16.4. The van der Waals surface area contributed by atoms with Crippen molar-refractivity contribution in [3.8, 4) is 0 Å². The molecule has 1 N–H and O–H groups in total. The summed E-state index contributed by atoms with van der Waals surface area (Å²) in [7, 11) is 0. The molecule has 5 heteroatoms. The molecule has 1 atom stereocenters. The van der Waals surface area contributed by atoms with E-state index in [-0.39, 0.29) is 11.5 Å². The van der Waals surface area contributed by atoms with Crippen LogP contribution in [0.5, 0.6) is 0 Å². The standard InChI is InChI=1S/C16H22BrFN2O/c1-2-3-9-20(11-13-5-4-8-19-13)16(21)14-10-12(17)6-7-15(14)18/h6-7,10,13,19H,2-5,8-9,11H2,1H3. The van der Waals surface area contributed by atoms with E-state index in [1.54, 1.807) is 17.0 Å². The maximum Gasteiger partial charge on any atom is 0.256 e. The molecule has 1 unspecified atom stereocenters. The monoisotopic (exact) mass is 356 g/mol. The Morgan fingerprint density at radius 2 is 2.33 bits per heavy atom. The Morgan fingerprint density at radius 1 is 1.52 bits per heavy atom. The number of hydrogen-bond acceptors (Lipinski definition) is 2. The van der Waals surface area contributed by atoms with Crippen molar-refractivity contribution < 1.29 is 9.18 Å². The molecule has 0 aromatic heterocycles. The Morgan fingerprint density at radius 3 is 3.00 bits per heavy atom. The van der Waals surface area contributed by atoms with Gasteiger partial charge in [0.1, 0.15) is 5.82 Å². The highest BCUT2D eigenvalue weighted by Crippen LogP contribution is 2.18. The molecule has 1 saturated heterocycles. The van der Waals surface area contributed by atoms with Gasteiger partial charge in [-0.15, -0.1) is 0 Å². The molecule has 1 aliphatic rings. The van der Waals surface area contributed by atoms with Crippen molar-refractivity contribution in [2.24, 2.45) is 0 Å². The van der Waals surface area contributed by atoms with E-state index >= 15 is 0 Å². The van der Waals surface area contributed by atoms with Gasteiger partial charge in [0.05, 0.1) is 5.56 Å². The Bertz CT molecular complexity index is 489. The molecule has 1 aromatic carbocycles. The summed E-state index contributed by atoms with van der Waals surface area (Å²) in [6, 6.07) is 4.85. The number of unbranched alkanes of at least 4 members (excludes halogenated alkanes) is 1. The molecular formula is C16H22BrFN2O. The average molecular weight is 357 g/mol. The number of rotatable bonds is 6. The van der Waals surface area contributed by atoms with Crippen LogP contribution in [0.15, 0.2) is 22.7 Å². The third-order valence-corrected chi connectivity index (χ3v) is 4.32. The van der Waals surface area contributed by atoms with Gasteiger partial charge < -0.3 is 10.2 Å². The minimum Gasteiger partial charge on any atom is -0.337 e. The molecule has 0 radical (unpaired) electrons. The van der Waals surface area contributed by atoms with E-state index in [4.69, 9.17) is 0 Å². The SMILES string of the molecule is CCCCN(CC1CCCN1)C(=O)c1cc(Br)ccc1F. The van der Waals surface area contributed by atoms with Crippen LogP contribution in [0.3, 0.4) is 0 Å². The minimum atomic E-state index is -0.455. The second-order valence-corrected chi connectivity index (χ2v) is 6.44. The molecule has 116 valence electrons. The van der Waals surface area contributed by atoms with Crippen LogP contribution < -0.4 is 5.32 Å². The first-order chi connectivity index (χ1) is 10.1. The van der Waals surface area contributed by atoms with Gasteiger partial charge in [-0.1, -0.05) is 29.3 Å². The Hall–Kier alpha value is -0.940. The lowest BCUT2D eigenvalue weighted by Gasteiger charge is -2.26. The van der Waals surface area contributed by atoms with E-state index in [1.807, 2.05) is 0 Å². The van der Waals surface area contributed by atoms with Crippen LogP contribution in [0.2, 0.25) is 0 Å². The van der Waals surface area contributed by atoms with Gasteiger partial charge in [-0.25, -0.2) is 4.39 Å². The Balaban J connectivity index is 2.13. The van der Waals surface area contributed by atoms with Crippen molar-refractivity contribution >= 4 is 21.8 Å². The predicted octanol–water partition coefficient (Wildman–Crippen LogP) is 3.58. The molecule has 0 spiro atoms. The van der Waals surface area contributed by atoms with E-state index < -0.39 is 5.82 Å². The van der Waals surface area contributed by atoms with Crippen molar-refractivity contribution in [3.63, 3.8) is 0 Å². The summed E-state index contributed by atoms with van der Waals surface area (Å²) in [5, 5.41) is 3.40. The highest BCUT2D eigenvalue weighted by atomic mass is 79.9. The van der Waals surface area contributed by atoms with Gasteiger partial charge >= 0.3 is 0 Å². The molecule has 3 nitrogen and oxygen atoms in total. The molecule has 1 fully saturated rings. The number of hydrogen-bond donors (Lipinski definition) is 1. The number of benzene rings is 1. The van der Waals surface area contributed by atoms with Crippen molar-refractivity contribution in [2.45, 2.75) is 38.6 Å². The average Bonchev–Trinajstić information content (AvgIpc) is 2.98. The predicted molar refractivity (Wildman–Crippen MR) is 85.9 cm³/mol. The van der Waals surface area contributed by atoms with Gasteiger partial charge in [0.25, 0.3) is 5.91 Å². The van der Waals surface area contributed by atoms with Gasteiger partial charge in [0.15, 0.2) is 0 Å². The smallest absolute Gasteiger partial charge is 0.256 e. The number of nitrogens with one attached hydrogen (secondary N) is 1. The molecular weight excluding hydrogens is 335 g/mol. The normalized spacial score (nSPS) is 18.0. The third-order valence-electron chi connectivity index (χ3n) is 3.83. The van der Waals surface area contributed by atoms with Gasteiger partial charge in [0.2, 0.25) is 0 Å². The first-order valence-corrected chi connectivity index (χ1v) is 8.39. The molecule has 1 heterocycles. The number of carbonyl (C=O) groups is 1. The van der Waals surface area contributed by atoms with Gasteiger partial charge in [-0.3, -0.25) is 4.79 Å². The van der Waals surface area contributed by atoms with Crippen LogP contribution in [0.25, 0.3) is 0 Å². The largest absolute Gasteiger partial charge is 0.337 e. The molecule has 2 rings (SSSR count). The van der Waals surface area contributed by atoms with E-state index in [0.717, 1.165) is 36.7 Å². The van der Waals surface area contributed by atoms with Gasteiger partial charge in [-0.05, 0) is 44.0 Å². The highest BCUT2D eigenvalue weighted by molar-refractivity contribution is 9.10. The zero-order chi connectivity index (χ0) is 15.2. The zero-order valence-electron chi connectivity index (χ0n) is 12.4. The quantitative estimate of drug-likeness (QED) is 0.844. The van der Waals surface area contributed by atoms with Crippen molar-refractivity contribution in [1.82, 2.24) is 10.2 Å². The zero-order valence-corrected chi connectivity index (χ0v) is 14.0. The Labute approximate surface area is 134 Å². The summed E-state index contributed by atoms with van der Waals surface area (Å²) in [5.74, 6) is -0.667. The number of halogens is 2. The molecule has 1 amide bonds. The molecule has 1 aliphatic heterocycles. The molecule has 0 saturated carbocycles. The fourth-order valence-corrected chi connectivity index (χ4v) is 3.00. The second-order valence-electron chi connectivity index (χ2n) is 5.52. The maximum atomic E-state index is 13.9. The molecule has 0 bridgehead atoms. The van der Waals surface area contributed by atoms with Crippen molar-refractivity contribution in [2.75, 3.05) is 19.6 Å². The van der Waals surface area contributed by atoms with Crippen LogP contribution in [-0.4, -0.2) is 36.5 Å². The van der Waals surface area contributed by atoms with Crippen LogP contribution in [-0.2, 0) is 0 Å². The van der Waals surface area contributed by atoms with E-state index in [0.29, 0.717) is 19.1 Å². The number of amides is 1. The van der Waals surface area contributed by atoms with Gasteiger partial charge in [-0.2, -0.15) is 0 Å². The summed E-state index contributed by atoms with van der Waals surface area (Å²) in [6.07, 6.45) is 4.18. The lowest BCUT2D eigenvalue weighted by Crippen LogP contribution is -2.42. The summed E-state index contributed by atoms with van der Waals surface area (Å²) in [4.78, 5) is 14.4. The van der Waals surface area contributed by atoms with Crippen LogP contribution in [0.1, 0.15) is 43.0 Å². The topological polar surface area (TPSA) is 32.3 Å². The molecule has 21 heavy (non-hydrogen) atoms.